The third kappa shape index (κ3) is 5.19. The van der Waals surface area contributed by atoms with Crippen molar-refractivity contribution in [3.63, 3.8) is 0 Å². The van der Waals surface area contributed by atoms with E-state index < -0.39 is 21.8 Å². The average molecular weight is 398 g/mol. The summed E-state index contributed by atoms with van der Waals surface area (Å²) in [5.41, 5.74) is 5.06. The molecular weight excluding hydrogens is 382 g/mol. The van der Waals surface area contributed by atoms with E-state index in [0.717, 1.165) is 6.07 Å². The molecule has 0 unspecified atom stereocenters. The number of nitrogens with two attached hydrogens (primary N) is 1. The number of ether oxygens (including phenoxy) is 1. The Morgan fingerprint density at radius 3 is 2.35 bits per heavy atom. The van der Waals surface area contributed by atoms with Gasteiger partial charge in [-0.05, 0) is 35.9 Å². The average Bonchev–Trinajstić information content (AvgIpc) is 2.60. The first-order valence-corrected chi connectivity index (χ1v) is 9.17. The second-order valence-corrected chi connectivity index (χ2v) is 7.21. The predicted octanol–water partition coefficient (Wildman–Crippen LogP) is 1.000. The molecule has 0 aromatic heterocycles. The van der Waals surface area contributed by atoms with Crippen molar-refractivity contribution in [2.24, 2.45) is 5.14 Å². The highest BCUT2D eigenvalue weighted by atomic mass is 35.5. The molecule has 138 valence electrons. The molecule has 2 aromatic rings. The lowest BCUT2D eigenvalue weighted by atomic mass is 10.1. The second-order valence-electron chi connectivity index (χ2n) is 5.21. The van der Waals surface area contributed by atoms with E-state index in [2.05, 4.69) is 10.9 Å². The van der Waals surface area contributed by atoms with Crippen molar-refractivity contribution in [1.29, 1.82) is 0 Å². The van der Waals surface area contributed by atoms with Gasteiger partial charge in [0, 0.05) is 5.02 Å². The first kappa shape index (κ1) is 19.7. The van der Waals surface area contributed by atoms with Gasteiger partial charge < -0.3 is 4.74 Å². The molecule has 10 heteroatoms. The molecule has 0 saturated carbocycles. The van der Waals surface area contributed by atoms with Gasteiger partial charge in [-0.1, -0.05) is 23.7 Å². The van der Waals surface area contributed by atoms with Crippen LogP contribution >= 0.6 is 11.6 Å². The summed E-state index contributed by atoms with van der Waals surface area (Å²) < 4.78 is 27.9. The van der Waals surface area contributed by atoms with Gasteiger partial charge in [0.05, 0.1) is 24.0 Å². The molecule has 0 bridgehead atoms. The summed E-state index contributed by atoms with van der Waals surface area (Å²) in [7, 11) is -2.67. The zero-order chi connectivity index (χ0) is 19.3. The van der Waals surface area contributed by atoms with Crippen LogP contribution < -0.4 is 20.7 Å². The number of halogens is 1. The van der Waals surface area contributed by atoms with Crippen molar-refractivity contribution in [2.45, 2.75) is 11.3 Å². The third-order valence-electron chi connectivity index (χ3n) is 3.34. The van der Waals surface area contributed by atoms with Crippen LogP contribution in [-0.4, -0.2) is 27.3 Å². The van der Waals surface area contributed by atoms with E-state index >= 15 is 0 Å². The van der Waals surface area contributed by atoms with Crippen molar-refractivity contribution in [3.8, 4) is 5.75 Å². The molecule has 0 spiro atoms. The van der Waals surface area contributed by atoms with Crippen LogP contribution in [0, 0.1) is 0 Å². The predicted molar refractivity (Wildman–Crippen MR) is 95.1 cm³/mol. The van der Waals surface area contributed by atoms with Crippen molar-refractivity contribution in [1.82, 2.24) is 10.9 Å². The monoisotopic (exact) mass is 397 g/mol. The molecule has 8 nitrogen and oxygen atoms in total. The quantitative estimate of drug-likeness (QED) is 0.648. The second kappa shape index (κ2) is 8.17. The van der Waals surface area contributed by atoms with Crippen LogP contribution in [-0.2, 0) is 21.2 Å². The maximum atomic E-state index is 12.2. The molecule has 0 heterocycles. The van der Waals surface area contributed by atoms with Gasteiger partial charge >= 0.3 is 0 Å². The first-order chi connectivity index (χ1) is 12.2. The summed E-state index contributed by atoms with van der Waals surface area (Å²) in [6.45, 7) is 0. The van der Waals surface area contributed by atoms with Gasteiger partial charge in [-0.25, -0.2) is 13.6 Å². The van der Waals surface area contributed by atoms with Gasteiger partial charge in [0.1, 0.15) is 5.75 Å². The van der Waals surface area contributed by atoms with Crippen LogP contribution in [0.5, 0.6) is 5.75 Å². The van der Waals surface area contributed by atoms with E-state index in [9.17, 15) is 18.0 Å². The molecule has 26 heavy (non-hydrogen) atoms. The summed E-state index contributed by atoms with van der Waals surface area (Å²) in [5.74, 6) is -1.10. The van der Waals surface area contributed by atoms with Gasteiger partial charge in [-0.3, -0.25) is 20.4 Å². The Morgan fingerprint density at radius 2 is 1.77 bits per heavy atom. The summed E-state index contributed by atoms with van der Waals surface area (Å²) in [5, 5.41) is 5.60. The van der Waals surface area contributed by atoms with Crippen molar-refractivity contribution in [3.05, 3.63) is 58.6 Å². The number of hydrogen-bond acceptors (Lipinski definition) is 5. The number of methoxy groups -OCH3 is 1. The minimum Gasteiger partial charge on any atom is -0.496 e. The van der Waals surface area contributed by atoms with E-state index in [1.54, 1.807) is 24.3 Å². The Hall–Kier alpha value is -2.62. The van der Waals surface area contributed by atoms with E-state index in [1.807, 2.05) is 0 Å². The number of benzene rings is 2. The fraction of sp³-hybridized carbons (Fsp3) is 0.125. The molecule has 0 aliphatic carbocycles. The first-order valence-electron chi connectivity index (χ1n) is 7.25. The molecule has 2 rings (SSSR count). The lowest BCUT2D eigenvalue weighted by Gasteiger charge is -2.11. The highest BCUT2D eigenvalue weighted by Gasteiger charge is 2.18. The fourth-order valence-electron chi connectivity index (χ4n) is 2.07. The Morgan fingerprint density at radius 1 is 1.12 bits per heavy atom. The van der Waals surface area contributed by atoms with Crippen LogP contribution in [0.3, 0.4) is 0 Å². The molecule has 0 radical (unpaired) electrons. The molecule has 2 amide bonds. The highest BCUT2D eigenvalue weighted by molar-refractivity contribution is 7.89. The maximum Gasteiger partial charge on any atom is 0.273 e. The third-order valence-corrected chi connectivity index (χ3v) is 4.50. The molecule has 0 saturated heterocycles. The number of hydrazine groups is 1. The highest BCUT2D eigenvalue weighted by Crippen LogP contribution is 2.21. The van der Waals surface area contributed by atoms with E-state index in [-0.39, 0.29) is 22.6 Å². The number of hydrogen-bond donors (Lipinski definition) is 3. The molecule has 0 aliphatic heterocycles. The minimum absolute atomic E-state index is 0.0196. The molecular formula is C16H16ClN3O5S. The lowest BCUT2D eigenvalue weighted by molar-refractivity contribution is -0.121. The van der Waals surface area contributed by atoms with Crippen LogP contribution in [0.1, 0.15) is 15.9 Å². The largest absolute Gasteiger partial charge is 0.496 e. The standard InChI is InChI=1S/C16H16ClN3O5S/c1-25-14-7-6-12(26(18,23)24)9-13(14)16(22)20-19-15(21)8-10-2-4-11(17)5-3-10/h2-7,9H,8H2,1H3,(H,19,21)(H,20,22)(H2,18,23,24). The van der Waals surface area contributed by atoms with E-state index in [0.29, 0.717) is 10.6 Å². The minimum atomic E-state index is -3.99. The summed E-state index contributed by atoms with van der Waals surface area (Å²) in [4.78, 5) is 23.9. The summed E-state index contributed by atoms with van der Waals surface area (Å²) >= 11 is 5.77. The Bertz CT molecular complexity index is 929. The lowest BCUT2D eigenvalue weighted by Crippen LogP contribution is -2.42. The van der Waals surface area contributed by atoms with Gasteiger partial charge in [0.25, 0.3) is 5.91 Å². The van der Waals surface area contributed by atoms with Crippen LogP contribution in [0.15, 0.2) is 47.4 Å². The number of amides is 2. The molecule has 2 aromatic carbocycles. The number of primary sulfonamides is 1. The van der Waals surface area contributed by atoms with Crippen LogP contribution in [0.25, 0.3) is 0 Å². The number of sulfonamides is 1. The maximum absolute atomic E-state index is 12.2. The van der Waals surface area contributed by atoms with Crippen molar-refractivity contribution >= 4 is 33.4 Å². The van der Waals surface area contributed by atoms with Crippen LogP contribution in [0.2, 0.25) is 5.02 Å². The molecule has 0 atom stereocenters. The Labute approximate surface area is 155 Å². The zero-order valence-corrected chi connectivity index (χ0v) is 15.2. The Balaban J connectivity index is 2.07. The number of carbonyl (C=O) groups excluding carboxylic acids is 2. The SMILES string of the molecule is COc1ccc(S(N)(=O)=O)cc1C(=O)NNC(=O)Cc1ccc(Cl)cc1. The van der Waals surface area contributed by atoms with Crippen molar-refractivity contribution < 1.29 is 22.7 Å². The Kier molecular flexibility index (Phi) is 6.19. The molecule has 0 aliphatic rings. The van der Waals surface area contributed by atoms with Gasteiger partial charge in [-0.15, -0.1) is 0 Å². The number of rotatable bonds is 5. The smallest absolute Gasteiger partial charge is 0.273 e. The van der Waals surface area contributed by atoms with Crippen LogP contribution in [0.4, 0.5) is 0 Å². The van der Waals surface area contributed by atoms with E-state index in [4.69, 9.17) is 21.5 Å². The van der Waals surface area contributed by atoms with Gasteiger partial charge in [0.2, 0.25) is 15.9 Å². The normalized spacial score (nSPS) is 10.9. The summed E-state index contributed by atoms with van der Waals surface area (Å²) in [6, 6.07) is 10.2. The topological polar surface area (TPSA) is 128 Å². The number of nitrogens with one attached hydrogen (secondary N) is 2. The van der Waals surface area contributed by atoms with E-state index in [1.165, 1.54) is 19.2 Å². The van der Waals surface area contributed by atoms with Gasteiger partial charge in [-0.2, -0.15) is 0 Å². The summed E-state index contributed by atoms with van der Waals surface area (Å²) in [6.07, 6.45) is 0.0196. The molecule has 0 fully saturated rings. The van der Waals surface area contributed by atoms with Crippen molar-refractivity contribution in [2.75, 3.05) is 7.11 Å². The zero-order valence-electron chi connectivity index (χ0n) is 13.7. The number of carbonyl (C=O) groups is 2. The fourth-order valence-corrected chi connectivity index (χ4v) is 2.73. The van der Waals surface area contributed by atoms with Gasteiger partial charge in [0.15, 0.2) is 0 Å². The molecule has 4 N–H and O–H groups in total.